The van der Waals surface area contributed by atoms with Crippen LogP contribution in [0.15, 0.2) is 24.4 Å². The highest BCUT2D eigenvalue weighted by molar-refractivity contribution is 7.15. The average Bonchev–Trinajstić information content (AvgIpc) is 3.11. The number of carbonyl (C=O) groups excluding carboxylic acids is 1. The summed E-state index contributed by atoms with van der Waals surface area (Å²) in [4.78, 5) is 17.4. The predicted octanol–water partition coefficient (Wildman–Crippen LogP) is 3.55. The molecule has 26 heavy (non-hydrogen) atoms. The van der Waals surface area contributed by atoms with E-state index >= 15 is 0 Å². The van der Waals surface area contributed by atoms with Crippen molar-refractivity contribution in [3.05, 3.63) is 35.2 Å². The summed E-state index contributed by atoms with van der Waals surface area (Å²) in [5.74, 6) is -0.994. The van der Waals surface area contributed by atoms with Crippen LogP contribution in [0, 0.1) is 5.95 Å². The largest absolute Gasteiger partial charge is 0.425 e. The lowest BCUT2D eigenvalue weighted by Crippen LogP contribution is -2.43. The first-order valence-electron chi connectivity index (χ1n) is 7.80. The van der Waals surface area contributed by atoms with Crippen LogP contribution >= 0.6 is 11.3 Å². The summed E-state index contributed by atoms with van der Waals surface area (Å²) >= 11 is 0.582. The Morgan fingerprint density at radius 3 is 2.65 bits per heavy atom. The molecule has 0 bridgehead atoms. The molecule has 0 aliphatic carbocycles. The molecule has 0 radical (unpaired) electrons. The number of likely N-dealkylation sites (tertiary alicyclic amines) is 1. The van der Waals surface area contributed by atoms with Crippen molar-refractivity contribution in [3.8, 4) is 10.4 Å². The van der Waals surface area contributed by atoms with Crippen molar-refractivity contribution in [2.45, 2.75) is 19.1 Å². The number of carbonyl (C=O) groups is 1. The van der Waals surface area contributed by atoms with E-state index in [1.54, 1.807) is 4.90 Å². The molecule has 136 valence electrons. The molecule has 1 fully saturated rings. The van der Waals surface area contributed by atoms with E-state index in [0.717, 1.165) is 12.5 Å². The van der Waals surface area contributed by atoms with Crippen molar-refractivity contribution in [1.82, 2.24) is 19.7 Å². The van der Waals surface area contributed by atoms with Crippen LogP contribution in [0.5, 0.6) is 0 Å². The Bertz CT molecular complexity index is 990. The topological polar surface area (TPSA) is 51.0 Å². The monoisotopic (exact) mass is 384 g/mol. The van der Waals surface area contributed by atoms with E-state index in [2.05, 4.69) is 10.1 Å². The van der Waals surface area contributed by atoms with Gasteiger partial charge in [0, 0.05) is 29.7 Å². The highest BCUT2D eigenvalue weighted by atomic mass is 32.1. The summed E-state index contributed by atoms with van der Waals surface area (Å²) in [6.07, 6.45) is -2.18. The van der Waals surface area contributed by atoms with Crippen molar-refractivity contribution in [1.29, 1.82) is 0 Å². The zero-order valence-electron chi connectivity index (χ0n) is 13.3. The molecule has 4 heterocycles. The van der Waals surface area contributed by atoms with Crippen LogP contribution in [0.3, 0.4) is 0 Å². The average molecular weight is 384 g/mol. The van der Waals surface area contributed by atoms with Gasteiger partial charge in [0.25, 0.3) is 5.95 Å². The Morgan fingerprint density at radius 1 is 1.27 bits per heavy atom. The summed E-state index contributed by atoms with van der Waals surface area (Å²) in [6, 6.07) is 3.85. The molecule has 0 N–H and O–H groups in total. The van der Waals surface area contributed by atoms with Gasteiger partial charge in [0.2, 0.25) is 5.91 Å². The maximum atomic E-state index is 14.0. The SMILES string of the molecule is O=C(Cn1nc(F)c2ncc(-c3ccc(C(F)(F)F)s3)cc21)N1CCC1. The van der Waals surface area contributed by atoms with Crippen molar-refractivity contribution >= 4 is 28.3 Å². The van der Waals surface area contributed by atoms with Crippen LogP contribution in [-0.4, -0.2) is 38.7 Å². The van der Waals surface area contributed by atoms with Crippen LogP contribution in [0.25, 0.3) is 21.5 Å². The summed E-state index contributed by atoms with van der Waals surface area (Å²) in [5, 5.41) is 3.71. The van der Waals surface area contributed by atoms with E-state index in [4.69, 9.17) is 0 Å². The van der Waals surface area contributed by atoms with E-state index in [9.17, 15) is 22.4 Å². The summed E-state index contributed by atoms with van der Waals surface area (Å²) < 4.78 is 53.5. The smallest absolute Gasteiger partial charge is 0.341 e. The quantitative estimate of drug-likeness (QED) is 0.649. The molecule has 1 aliphatic rings. The summed E-state index contributed by atoms with van der Waals surface area (Å²) in [7, 11) is 0. The first-order valence-corrected chi connectivity index (χ1v) is 8.62. The fraction of sp³-hybridized carbons (Fsp3) is 0.312. The molecule has 5 nitrogen and oxygen atoms in total. The standard InChI is InChI=1S/C16H12F4N4OS/c17-15-14-10(24(22-15)8-13(25)23-4-1-5-23)6-9(7-21-14)11-2-3-12(26-11)16(18,19)20/h2-3,6-7H,1,4-5,8H2. The molecule has 1 aliphatic heterocycles. The third-order valence-corrected chi connectivity index (χ3v) is 5.39. The normalized spacial score (nSPS) is 14.7. The van der Waals surface area contributed by atoms with Crippen LogP contribution < -0.4 is 0 Å². The molecule has 1 amide bonds. The number of hydrogen-bond donors (Lipinski definition) is 0. The molecule has 3 aromatic heterocycles. The maximum absolute atomic E-state index is 14.0. The maximum Gasteiger partial charge on any atom is 0.425 e. The van der Waals surface area contributed by atoms with Crippen LogP contribution in [0.1, 0.15) is 11.3 Å². The van der Waals surface area contributed by atoms with Crippen molar-refractivity contribution in [2.75, 3.05) is 13.1 Å². The molecular weight excluding hydrogens is 372 g/mol. The highest BCUT2D eigenvalue weighted by Gasteiger charge is 2.32. The van der Waals surface area contributed by atoms with Gasteiger partial charge in [-0.2, -0.15) is 17.6 Å². The van der Waals surface area contributed by atoms with Gasteiger partial charge in [0.1, 0.15) is 16.9 Å². The minimum Gasteiger partial charge on any atom is -0.341 e. The number of halogens is 4. The van der Waals surface area contributed by atoms with Gasteiger partial charge in [-0.1, -0.05) is 0 Å². The van der Waals surface area contributed by atoms with Gasteiger partial charge in [-0.05, 0) is 24.6 Å². The van der Waals surface area contributed by atoms with E-state index in [1.165, 1.54) is 23.0 Å². The van der Waals surface area contributed by atoms with E-state index < -0.39 is 17.0 Å². The Morgan fingerprint density at radius 2 is 2.04 bits per heavy atom. The van der Waals surface area contributed by atoms with E-state index in [-0.39, 0.29) is 23.5 Å². The molecule has 0 saturated carbocycles. The molecule has 0 unspecified atom stereocenters. The second-order valence-electron chi connectivity index (χ2n) is 5.94. The molecule has 4 rings (SSSR count). The molecular formula is C16H12F4N4OS. The van der Waals surface area contributed by atoms with Gasteiger partial charge >= 0.3 is 6.18 Å². The van der Waals surface area contributed by atoms with Gasteiger partial charge in [-0.3, -0.25) is 9.48 Å². The first-order chi connectivity index (χ1) is 12.3. The van der Waals surface area contributed by atoms with Crippen molar-refractivity contribution in [2.24, 2.45) is 0 Å². The number of amides is 1. The molecule has 10 heteroatoms. The minimum atomic E-state index is -4.42. The second kappa shape index (κ2) is 6.04. The number of alkyl halides is 3. The Balaban J connectivity index is 1.70. The number of fused-ring (bicyclic) bond motifs is 1. The number of hydrogen-bond acceptors (Lipinski definition) is 4. The summed E-state index contributed by atoms with van der Waals surface area (Å²) in [5.41, 5.74) is 0.671. The van der Waals surface area contributed by atoms with E-state index in [0.29, 0.717) is 34.9 Å². The number of aromatic nitrogens is 3. The summed E-state index contributed by atoms with van der Waals surface area (Å²) in [6.45, 7) is 1.20. The first kappa shape index (κ1) is 17.0. The fourth-order valence-corrected chi connectivity index (χ4v) is 3.56. The van der Waals surface area contributed by atoms with Gasteiger partial charge < -0.3 is 4.90 Å². The third-order valence-electron chi connectivity index (χ3n) is 4.21. The van der Waals surface area contributed by atoms with Crippen LogP contribution in [0.4, 0.5) is 17.6 Å². The van der Waals surface area contributed by atoms with Crippen LogP contribution in [-0.2, 0) is 17.5 Å². The van der Waals surface area contributed by atoms with Gasteiger partial charge in [0.15, 0.2) is 0 Å². The van der Waals surface area contributed by atoms with E-state index in [1.807, 2.05) is 0 Å². The molecule has 0 atom stereocenters. The molecule has 0 spiro atoms. The van der Waals surface area contributed by atoms with Crippen molar-refractivity contribution in [3.63, 3.8) is 0 Å². The Kier molecular flexibility index (Phi) is 3.94. The molecule has 1 saturated heterocycles. The number of nitrogens with zero attached hydrogens (tertiary/aromatic N) is 4. The Labute approximate surface area is 148 Å². The zero-order chi connectivity index (χ0) is 18.5. The van der Waals surface area contributed by atoms with Gasteiger partial charge in [0.05, 0.1) is 5.52 Å². The zero-order valence-corrected chi connectivity index (χ0v) is 14.1. The number of pyridine rings is 1. The number of thiophene rings is 1. The lowest BCUT2D eigenvalue weighted by atomic mass is 10.2. The lowest BCUT2D eigenvalue weighted by molar-refractivity contribution is -0.135. The van der Waals surface area contributed by atoms with Crippen LogP contribution in [0.2, 0.25) is 0 Å². The highest BCUT2D eigenvalue weighted by Crippen LogP contribution is 2.38. The Hall–Kier alpha value is -2.49. The lowest BCUT2D eigenvalue weighted by Gasteiger charge is -2.30. The minimum absolute atomic E-state index is 0.0160. The van der Waals surface area contributed by atoms with Gasteiger partial charge in [-0.25, -0.2) is 4.98 Å². The molecule has 3 aromatic rings. The molecule has 0 aromatic carbocycles. The second-order valence-corrected chi connectivity index (χ2v) is 7.02. The van der Waals surface area contributed by atoms with Gasteiger partial charge in [-0.15, -0.1) is 16.4 Å². The third kappa shape index (κ3) is 2.94. The predicted molar refractivity (Wildman–Crippen MR) is 87.0 cm³/mol. The van der Waals surface area contributed by atoms with Crippen molar-refractivity contribution < 1.29 is 22.4 Å². The fourth-order valence-electron chi connectivity index (χ4n) is 2.71. The number of rotatable bonds is 3.